The minimum atomic E-state index is -0.654. The molecule has 5 rings (SSSR count). The molecule has 1 amide bonds. The van der Waals surface area contributed by atoms with Crippen molar-refractivity contribution >= 4 is 22.6 Å². The third-order valence-corrected chi connectivity index (χ3v) is 5.25. The molecular weight excluding hydrogens is 356 g/mol. The number of para-hydroxylation sites is 1. The Kier molecular flexibility index (Phi) is 3.39. The number of H-pyrrole nitrogens is 2. The van der Waals surface area contributed by atoms with Gasteiger partial charge in [-0.3, -0.25) is 19.1 Å². The molecule has 138 valence electrons. The smallest absolute Gasteiger partial charge is 0.329 e. The van der Waals surface area contributed by atoms with Crippen molar-refractivity contribution < 1.29 is 4.79 Å². The van der Waals surface area contributed by atoms with Crippen LogP contribution in [0.15, 0.2) is 64.2 Å². The lowest BCUT2D eigenvalue weighted by Crippen LogP contribution is -2.28. The van der Waals surface area contributed by atoms with Gasteiger partial charge in [0, 0.05) is 18.3 Å². The number of anilines is 1. The number of carbonyl (C=O) groups is 1. The number of aryl methyl sites for hydroxylation is 1. The lowest BCUT2D eigenvalue weighted by Gasteiger charge is -2.11. The highest BCUT2D eigenvalue weighted by atomic mass is 16.2. The molecule has 1 aliphatic rings. The zero-order chi connectivity index (χ0) is 19.4. The molecule has 0 saturated heterocycles. The van der Waals surface area contributed by atoms with Crippen molar-refractivity contribution in [1.29, 1.82) is 0 Å². The van der Waals surface area contributed by atoms with Crippen LogP contribution < -0.4 is 16.6 Å². The maximum Gasteiger partial charge on any atom is 0.329 e. The molecule has 3 heterocycles. The highest BCUT2D eigenvalue weighted by Crippen LogP contribution is 2.43. The highest BCUT2D eigenvalue weighted by Gasteiger charge is 2.36. The molecule has 4 aromatic rings. The van der Waals surface area contributed by atoms with Gasteiger partial charge in [-0.15, -0.1) is 0 Å². The summed E-state index contributed by atoms with van der Waals surface area (Å²) < 4.78 is 1.35. The van der Waals surface area contributed by atoms with Crippen LogP contribution in [0.4, 0.5) is 5.69 Å². The zero-order valence-corrected chi connectivity index (χ0v) is 14.9. The third-order valence-electron chi connectivity index (χ3n) is 5.25. The van der Waals surface area contributed by atoms with E-state index in [9.17, 15) is 14.4 Å². The SMILES string of the molecule is Cn1c(=O)[nH]c(=O)c2c([C@@H]3C(=O)Nc4ccccc43)c(-c3ccccc3)[nH]c21. The van der Waals surface area contributed by atoms with Crippen LogP contribution in [-0.2, 0) is 11.8 Å². The van der Waals surface area contributed by atoms with E-state index in [1.807, 2.05) is 54.6 Å². The monoisotopic (exact) mass is 372 g/mol. The van der Waals surface area contributed by atoms with E-state index in [0.29, 0.717) is 22.3 Å². The molecule has 0 unspecified atom stereocenters. The number of nitrogens with one attached hydrogen (secondary N) is 3. The van der Waals surface area contributed by atoms with Gasteiger partial charge in [0.1, 0.15) is 5.65 Å². The Bertz CT molecular complexity index is 1360. The molecule has 1 aliphatic heterocycles. The van der Waals surface area contributed by atoms with E-state index in [-0.39, 0.29) is 5.91 Å². The summed E-state index contributed by atoms with van der Waals surface area (Å²) in [5.41, 5.74) is 2.95. The molecule has 0 spiro atoms. The molecule has 7 heteroatoms. The second-order valence-corrected chi connectivity index (χ2v) is 6.83. The van der Waals surface area contributed by atoms with E-state index >= 15 is 0 Å². The van der Waals surface area contributed by atoms with Gasteiger partial charge in [0.25, 0.3) is 5.56 Å². The van der Waals surface area contributed by atoms with E-state index in [1.54, 1.807) is 7.05 Å². The van der Waals surface area contributed by atoms with Crippen LogP contribution in [-0.4, -0.2) is 20.4 Å². The first-order chi connectivity index (χ1) is 13.6. The summed E-state index contributed by atoms with van der Waals surface area (Å²) in [6.45, 7) is 0. The van der Waals surface area contributed by atoms with Crippen LogP contribution in [0, 0.1) is 0 Å². The Morgan fingerprint density at radius 2 is 1.61 bits per heavy atom. The lowest BCUT2D eigenvalue weighted by molar-refractivity contribution is -0.116. The van der Waals surface area contributed by atoms with E-state index in [1.165, 1.54) is 4.57 Å². The fourth-order valence-corrected chi connectivity index (χ4v) is 3.94. The second-order valence-electron chi connectivity index (χ2n) is 6.83. The van der Waals surface area contributed by atoms with Gasteiger partial charge >= 0.3 is 5.69 Å². The largest absolute Gasteiger partial charge is 0.340 e. The number of aromatic amines is 2. The molecule has 2 aromatic heterocycles. The molecule has 0 radical (unpaired) electrons. The zero-order valence-electron chi connectivity index (χ0n) is 14.9. The number of fused-ring (bicyclic) bond motifs is 2. The van der Waals surface area contributed by atoms with Gasteiger partial charge in [-0.05, 0) is 17.2 Å². The standard InChI is InChI=1S/C21H16N4O3/c1-25-18-16(20(27)24-21(25)28)15(17(23-18)11-7-3-2-4-8-11)14-12-9-5-6-10-13(12)22-19(14)26/h2-10,14,23H,1H3,(H,22,26)(H,24,27,28)/t14-/m1/s1. The van der Waals surface area contributed by atoms with E-state index in [2.05, 4.69) is 15.3 Å². The van der Waals surface area contributed by atoms with Crippen LogP contribution in [0.5, 0.6) is 0 Å². The number of aromatic nitrogens is 3. The molecule has 0 aliphatic carbocycles. The summed E-state index contributed by atoms with van der Waals surface area (Å²) in [6.07, 6.45) is 0. The van der Waals surface area contributed by atoms with Crippen LogP contribution in [0.3, 0.4) is 0 Å². The Labute approximate surface area is 158 Å². The Hall–Kier alpha value is -3.87. The molecule has 28 heavy (non-hydrogen) atoms. The number of amides is 1. The van der Waals surface area contributed by atoms with Crippen LogP contribution in [0.25, 0.3) is 22.3 Å². The van der Waals surface area contributed by atoms with Gasteiger partial charge in [-0.25, -0.2) is 4.79 Å². The number of rotatable bonds is 2. The van der Waals surface area contributed by atoms with Gasteiger partial charge in [-0.1, -0.05) is 48.5 Å². The van der Waals surface area contributed by atoms with Gasteiger partial charge in [0.15, 0.2) is 0 Å². The van der Waals surface area contributed by atoms with Gasteiger partial charge in [0.05, 0.1) is 17.0 Å². The van der Waals surface area contributed by atoms with Crippen molar-refractivity contribution in [2.75, 3.05) is 5.32 Å². The van der Waals surface area contributed by atoms with Crippen molar-refractivity contribution in [3.05, 3.63) is 86.6 Å². The number of nitrogens with zero attached hydrogens (tertiary/aromatic N) is 1. The van der Waals surface area contributed by atoms with Crippen molar-refractivity contribution in [2.45, 2.75) is 5.92 Å². The first kappa shape index (κ1) is 16.3. The Morgan fingerprint density at radius 3 is 2.39 bits per heavy atom. The summed E-state index contributed by atoms with van der Waals surface area (Å²) in [4.78, 5) is 43.4. The molecule has 0 saturated carbocycles. The molecule has 0 bridgehead atoms. The van der Waals surface area contributed by atoms with Crippen molar-refractivity contribution in [1.82, 2.24) is 14.5 Å². The minimum Gasteiger partial charge on any atom is -0.340 e. The second kappa shape index (κ2) is 5.82. The lowest BCUT2D eigenvalue weighted by atomic mass is 9.89. The van der Waals surface area contributed by atoms with Gasteiger partial charge in [-0.2, -0.15) is 0 Å². The van der Waals surface area contributed by atoms with Crippen molar-refractivity contribution in [3.63, 3.8) is 0 Å². The fourth-order valence-electron chi connectivity index (χ4n) is 3.94. The maximum atomic E-state index is 12.9. The predicted molar refractivity (Wildman–Crippen MR) is 107 cm³/mol. The highest BCUT2D eigenvalue weighted by molar-refractivity contribution is 6.08. The Morgan fingerprint density at radius 1 is 0.893 bits per heavy atom. The van der Waals surface area contributed by atoms with Crippen LogP contribution in [0.1, 0.15) is 17.0 Å². The molecule has 2 aromatic carbocycles. The third kappa shape index (κ3) is 2.19. The molecule has 1 atom stereocenters. The number of carbonyl (C=O) groups excluding carboxylic acids is 1. The summed E-state index contributed by atoms with van der Waals surface area (Å²) in [5, 5.41) is 3.21. The first-order valence-electron chi connectivity index (χ1n) is 8.86. The summed E-state index contributed by atoms with van der Waals surface area (Å²) in [6, 6.07) is 16.9. The number of hydrogen-bond donors (Lipinski definition) is 3. The van der Waals surface area contributed by atoms with Crippen molar-refractivity contribution in [3.8, 4) is 11.3 Å². The van der Waals surface area contributed by atoms with E-state index in [4.69, 9.17) is 0 Å². The van der Waals surface area contributed by atoms with Gasteiger partial charge in [0.2, 0.25) is 5.91 Å². The molecule has 3 N–H and O–H groups in total. The molecule has 7 nitrogen and oxygen atoms in total. The number of hydrogen-bond acceptors (Lipinski definition) is 3. The minimum absolute atomic E-state index is 0.201. The average Bonchev–Trinajstić information content (AvgIpc) is 3.24. The normalized spacial score (nSPS) is 15.6. The Balaban J connectivity index is 1.93. The van der Waals surface area contributed by atoms with Crippen LogP contribution in [0.2, 0.25) is 0 Å². The summed E-state index contributed by atoms with van der Waals surface area (Å²) >= 11 is 0. The molecule has 0 fully saturated rings. The molecular formula is C21H16N4O3. The predicted octanol–water partition coefficient (Wildman–Crippen LogP) is 2.31. The van der Waals surface area contributed by atoms with Crippen molar-refractivity contribution in [2.24, 2.45) is 7.05 Å². The summed E-state index contributed by atoms with van der Waals surface area (Å²) in [7, 11) is 1.58. The topological polar surface area (TPSA) is 99.8 Å². The van der Waals surface area contributed by atoms with E-state index < -0.39 is 17.2 Å². The van der Waals surface area contributed by atoms with Crippen LogP contribution >= 0.6 is 0 Å². The summed E-state index contributed by atoms with van der Waals surface area (Å²) in [5.74, 6) is -0.855. The maximum absolute atomic E-state index is 12.9. The van der Waals surface area contributed by atoms with E-state index in [0.717, 1.165) is 16.8 Å². The fraction of sp³-hybridized carbons (Fsp3) is 0.0952. The average molecular weight is 372 g/mol. The first-order valence-corrected chi connectivity index (χ1v) is 8.86. The number of benzene rings is 2. The van der Waals surface area contributed by atoms with Gasteiger partial charge < -0.3 is 10.3 Å². The quantitative estimate of drug-likeness (QED) is 0.503.